The minimum atomic E-state index is -0.250. The van der Waals surface area contributed by atoms with Crippen molar-refractivity contribution < 1.29 is 14.7 Å². The number of pyridine rings is 1. The zero-order valence-corrected chi connectivity index (χ0v) is 17.5. The molecule has 154 valence electrons. The lowest BCUT2D eigenvalue weighted by molar-refractivity contribution is -0.122. The Kier molecular flexibility index (Phi) is 7.44. The van der Waals surface area contributed by atoms with Crippen LogP contribution in [0.15, 0.2) is 36.5 Å². The number of fused-ring (bicyclic) bond motifs is 1. The fourth-order valence-electron chi connectivity index (χ4n) is 2.92. The highest BCUT2D eigenvalue weighted by molar-refractivity contribution is 5.95. The maximum Gasteiger partial charge on any atom is 0.290 e. The van der Waals surface area contributed by atoms with Crippen LogP contribution >= 0.6 is 0 Å². The van der Waals surface area contributed by atoms with E-state index in [0.29, 0.717) is 12.1 Å². The number of rotatable bonds is 5. The van der Waals surface area contributed by atoms with Crippen LogP contribution in [0.1, 0.15) is 21.7 Å². The van der Waals surface area contributed by atoms with Crippen LogP contribution in [0.2, 0.25) is 0 Å². The highest BCUT2D eigenvalue weighted by atomic mass is 16.3. The predicted octanol–water partition coefficient (Wildman–Crippen LogP) is 2.35. The van der Waals surface area contributed by atoms with Crippen molar-refractivity contribution in [1.82, 2.24) is 24.4 Å². The van der Waals surface area contributed by atoms with Crippen molar-refractivity contribution in [2.24, 2.45) is 0 Å². The number of amides is 1. The predicted molar refractivity (Wildman–Crippen MR) is 112 cm³/mol. The van der Waals surface area contributed by atoms with Gasteiger partial charge < -0.3 is 14.9 Å². The third-order valence-electron chi connectivity index (χ3n) is 4.40. The second-order valence-corrected chi connectivity index (χ2v) is 7.06. The maximum absolute atomic E-state index is 12.7. The van der Waals surface area contributed by atoms with Gasteiger partial charge >= 0.3 is 0 Å². The number of hydrogen-bond acceptors (Lipinski definition) is 5. The van der Waals surface area contributed by atoms with E-state index in [1.165, 1.54) is 0 Å². The second kappa shape index (κ2) is 9.79. The first-order valence-electron chi connectivity index (χ1n) is 9.19. The topological polar surface area (TPSA) is 91.0 Å². The number of carbonyl (C=O) groups excluding carboxylic acids is 1. The summed E-state index contributed by atoms with van der Waals surface area (Å²) in [5.74, 6) is 0.778. The molecule has 0 unspecified atom stereocenters. The molecule has 0 saturated carbocycles. The van der Waals surface area contributed by atoms with Gasteiger partial charge in [-0.15, -0.1) is 0 Å². The lowest BCUT2D eigenvalue weighted by Gasteiger charge is -2.20. The second-order valence-electron chi connectivity index (χ2n) is 7.06. The van der Waals surface area contributed by atoms with Gasteiger partial charge in [0.15, 0.2) is 5.65 Å². The molecular formula is C21H27N5O3. The van der Waals surface area contributed by atoms with Crippen LogP contribution < -0.4 is 0 Å². The summed E-state index contributed by atoms with van der Waals surface area (Å²) in [7, 11) is 5.85. The Balaban J connectivity index is 0.000000941. The Labute approximate surface area is 170 Å². The van der Waals surface area contributed by atoms with Crippen LogP contribution in [0.25, 0.3) is 16.8 Å². The summed E-state index contributed by atoms with van der Waals surface area (Å²) < 4.78 is 1.80. The quantitative estimate of drug-likeness (QED) is 0.665. The van der Waals surface area contributed by atoms with Crippen molar-refractivity contribution in [3.63, 3.8) is 0 Å². The monoisotopic (exact) mass is 397 g/mol. The van der Waals surface area contributed by atoms with Crippen LogP contribution in [0.3, 0.4) is 0 Å². The fraction of sp³-hybridized carbons (Fsp3) is 0.333. The van der Waals surface area contributed by atoms with E-state index in [1.54, 1.807) is 9.42 Å². The molecule has 0 saturated heterocycles. The Morgan fingerprint density at radius 1 is 1.14 bits per heavy atom. The number of carbonyl (C=O) groups is 2. The van der Waals surface area contributed by atoms with Crippen molar-refractivity contribution in [3.8, 4) is 11.1 Å². The van der Waals surface area contributed by atoms with Crippen molar-refractivity contribution >= 4 is 18.0 Å². The molecule has 1 aromatic carbocycles. The van der Waals surface area contributed by atoms with Crippen LogP contribution in [-0.4, -0.2) is 76.1 Å². The molecule has 2 aromatic heterocycles. The molecule has 2 heterocycles. The molecule has 29 heavy (non-hydrogen) atoms. The van der Waals surface area contributed by atoms with Gasteiger partial charge in [0.1, 0.15) is 5.82 Å². The normalized spacial score (nSPS) is 10.6. The first-order chi connectivity index (χ1) is 13.8. The number of benzene rings is 1. The zero-order valence-electron chi connectivity index (χ0n) is 17.5. The Morgan fingerprint density at radius 3 is 2.48 bits per heavy atom. The fourth-order valence-corrected chi connectivity index (χ4v) is 2.92. The molecule has 0 fully saturated rings. The SMILES string of the molecule is Cc1nc2c(C)cc(-c3cccc(C(=O)N(C)CCN(C)C)c3)cn2n1.O=CO. The summed E-state index contributed by atoms with van der Waals surface area (Å²) in [6.45, 7) is 5.19. The molecule has 0 spiro atoms. The number of aromatic nitrogens is 3. The third-order valence-corrected chi connectivity index (χ3v) is 4.40. The molecule has 8 nitrogen and oxygen atoms in total. The van der Waals surface area contributed by atoms with Crippen molar-refractivity contribution in [2.45, 2.75) is 13.8 Å². The average Bonchev–Trinajstić information content (AvgIpc) is 3.07. The summed E-state index contributed by atoms with van der Waals surface area (Å²) in [6.07, 6.45) is 1.96. The summed E-state index contributed by atoms with van der Waals surface area (Å²) >= 11 is 0. The Bertz CT molecular complexity index is 997. The highest BCUT2D eigenvalue weighted by Crippen LogP contribution is 2.23. The summed E-state index contributed by atoms with van der Waals surface area (Å²) in [5.41, 5.74) is 4.63. The van der Waals surface area contributed by atoms with Gasteiger partial charge in [-0.1, -0.05) is 12.1 Å². The van der Waals surface area contributed by atoms with E-state index in [1.807, 2.05) is 65.5 Å². The van der Waals surface area contributed by atoms with Crippen LogP contribution in [0.5, 0.6) is 0 Å². The molecule has 3 aromatic rings. The summed E-state index contributed by atoms with van der Waals surface area (Å²) in [5, 5.41) is 11.3. The van der Waals surface area contributed by atoms with E-state index in [-0.39, 0.29) is 12.4 Å². The van der Waals surface area contributed by atoms with Gasteiger partial charge in [-0.25, -0.2) is 9.50 Å². The molecule has 8 heteroatoms. The van der Waals surface area contributed by atoms with Crippen molar-refractivity contribution in [2.75, 3.05) is 34.2 Å². The number of likely N-dealkylation sites (N-methyl/N-ethyl adjacent to an activating group) is 2. The maximum atomic E-state index is 12.7. The van der Waals surface area contributed by atoms with Gasteiger partial charge in [0.05, 0.1) is 0 Å². The van der Waals surface area contributed by atoms with Crippen LogP contribution in [-0.2, 0) is 4.79 Å². The molecule has 0 atom stereocenters. The summed E-state index contributed by atoms with van der Waals surface area (Å²) in [4.78, 5) is 29.3. The van der Waals surface area contributed by atoms with E-state index >= 15 is 0 Å². The van der Waals surface area contributed by atoms with E-state index < -0.39 is 0 Å². The molecule has 0 radical (unpaired) electrons. The van der Waals surface area contributed by atoms with Crippen molar-refractivity contribution in [1.29, 1.82) is 0 Å². The van der Waals surface area contributed by atoms with Gasteiger partial charge in [0.2, 0.25) is 0 Å². The Hall–Kier alpha value is -3.26. The van der Waals surface area contributed by atoms with Gasteiger partial charge in [0, 0.05) is 37.5 Å². The number of hydrogen-bond donors (Lipinski definition) is 1. The summed E-state index contributed by atoms with van der Waals surface area (Å²) in [6, 6.07) is 9.83. The molecule has 1 N–H and O–H groups in total. The lowest BCUT2D eigenvalue weighted by atomic mass is 10.0. The lowest BCUT2D eigenvalue weighted by Crippen LogP contribution is -2.33. The minimum Gasteiger partial charge on any atom is -0.483 e. The van der Waals surface area contributed by atoms with Gasteiger partial charge in [-0.3, -0.25) is 9.59 Å². The molecule has 0 aliphatic heterocycles. The molecular weight excluding hydrogens is 370 g/mol. The zero-order chi connectivity index (χ0) is 21.6. The third kappa shape index (κ3) is 5.61. The van der Waals surface area contributed by atoms with E-state index in [4.69, 9.17) is 9.90 Å². The Morgan fingerprint density at radius 2 is 1.83 bits per heavy atom. The van der Waals surface area contributed by atoms with E-state index in [0.717, 1.165) is 34.7 Å². The number of carboxylic acid groups (broad SMARTS) is 1. The van der Waals surface area contributed by atoms with Gasteiger partial charge in [-0.2, -0.15) is 5.10 Å². The standard InChI is InChI=1S/C20H25N5O.CH2O2/c1-14-11-18(13-25-19(14)21-15(2)22-25)16-7-6-8-17(12-16)20(26)24(5)10-9-23(3)4;2-1-3/h6-8,11-13H,9-10H2,1-5H3;1H,(H,2,3). The molecule has 0 aliphatic carbocycles. The van der Waals surface area contributed by atoms with Crippen molar-refractivity contribution in [3.05, 3.63) is 53.5 Å². The molecule has 0 bridgehead atoms. The van der Waals surface area contributed by atoms with Crippen LogP contribution in [0.4, 0.5) is 0 Å². The van der Waals surface area contributed by atoms with E-state index in [2.05, 4.69) is 21.0 Å². The first-order valence-corrected chi connectivity index (χ1v) is 9.19. The molecule has 0 aliphatic rings. The van der Waals surface area contributed by atoms with Gasteiger partial charge in [0.25, 0.3) is 12.4 Å². The van der Waals surface area contributed by atoms with Gasteiger partial charge in [-0.05, 0) is 57.3 Å². The highest BCUT2D eigenvalue weighted by Gasteiger charge is 2.13. The average molecular weight is 397 g/mol. The number of aryl methyl sites for hydroxylation is 2. The minimum absolute atomic E-state index is 0.0306. The molecule has 1 amide bonds. The van der Waals surface area contributed by atoms with Crippen LogP contribution in [0, 0.1) is 13.8 Å². The first kappa shape index (κ1) is 22.0. The van der Waals surface area contributed by atoms with E-state index in [9.17, 15) is 4.79 Å². The molecule has 3 rings (SSSR count). The number of nitrogens with zero attached hydrogens (tertiary/aromatic N) is 5. The smallest absolute Gasteiger partial charge is 0.290 e. The largest absolute Gasteiger partial charge is 0.483 e.